The normalized spacial score (nSPS) is 13.7. The molecule has 0 radical (unpaired) electrons. The Kier molecular flexibility index (Phi) is 6.01. The average Bonchev–Trinajstić information content (AvgIpc) is 3.31. The van der Waals surface area contributed by atoms with Gasteiger partial charge in [-0.2, -0.15) is 0 Å². The first kappa shape index (κ1) is 23.0. The molecule has 4 aromatic rings. The third-order valence-corrected chi connectivity index (χ3v) is 6.14. The first-order valence-electron chi connectivity index (χ1n) is 10.8. The molecule has 0 unspecified atom stereocenters. The summed E-state index contributed by atoms with van der Waals surface area (Å²) >= 11 is 12.4. The van der Waals surface area contributed by atoms with Crippen molar-refractivity contribution in [1.29, 1.82) is 0 Å². The molecule has 1 aliphatic heterocycles. The summed E-state index contributed by atoms with van der Waals surface area (Å²) in [6, 6.07) is 14.9. The Morgan fingerprint density at radius 1 is 1.03 bits per heavy atom. The number of rotatable bonds is 5. The number of esters is 1. The number of carbonyl (C=O) groups excluding carboxylic acids is 2. The molecule has 6 nitrogen and oxygen atoms in total. The maximum absolute atomic E-state index is 13.1. The van der Waals surface area contributed by atoms with E-state index in [-0.39, 0.29) is 23.0 Å². The van der Waals surface area contributed by atoms with Crippen LogP contribution in [0, 0.1) is 6.92 Å². The van der Waals surface area contributed by atoms with Crippen LogP contribution in [0.2, 0.25) is 10.0 Å². The fraction of sp³-hybridized carbons (Fsp3) is 0.111. The Morgan fingerprint density at radius 2 is 1.77 bits per heavy atom. The molecule has 1 aliphatic rings. The largest absolute Gasteiger partial charge is 0.494 e. The Labute approximate surface area is 210 Å². The number of hydrogen-bond acceptors (Lipinski definition) is 6. The van der Waals surface area contributed by atoms with E-state index in [0.29, 0.717) is 55.8 Å². The highest BCUT2D eigenvalue weighted by molar-refractivity contribution is 6.37. The Balaban J connectivity index is 1.42. The van der Waals surface area contributed by atoms with Crippen molar-refractivity contribution in [1.82, 2.24) is 0 Å². The standard InChI is InChI=1S/C27H18Cl2O6/c1-3-32-15-8-10-22-19(11-15)25(14(2)33-22)27(31)34-16-7-9-17-23(12-16)35-24(26(17)30)13-18-20(28)5-4-6-21(18)29/h4-13H,3H2,1-2H3/b24-13-. The molecule has 0 spiro atoms. The van der Waals surface area contributed by atoms with E-state index >= 15 is 0 Å². The second kappa shape index (κ2) is 9.13. The fourth-order valence-corrected chi connectivity index (χ4v) is 4.38. The molecule has 0 saturated heterocycles. The van der Waals surface area contributed by atoms with Crippen molar-refractivity contribution in [3.63, 3.8) is 0 Å². The fourth-order valence-electron chi connectivity index (χ4n) is 3.88. The van der Waals surface area contributed by atoms with Gasteiger partial charge in [0.25, 0.3) is 0 Å². The topological polar surface area (TPSA) is 75.0 Å². The second-order valence-corrected chi connectivity index (χ2v) is 8.56. The summed E-state index contributed by atoms with van der Waals surface area (Å²) in [5.41, 5.74) is 1.67. The van der Waals surface area contributed by atoms with Crippen molar-refractivity contribution >= 4 is 52.0 Å². The monoisotopic (exact) mass is 508 g/mol. The van der Waals surface area contributed by atoms with Gasteiger partial charge in [0.05, 0.1) is 12.2 Å². The lowest BCUT2D eigenvalue weighted by molar-refractivity contribution is 0.0734. The number of benzene rings is 3. The van der Waals surface area contributed by atoms with Crippen molar-refractivity contribution < 1.29 is 28.2 Å². The minimum absolute atomic E-state index is 0.0682. The molecule has 176 valence electrons. The molecule has 0 amide bonds. The second-order valence-electron chi connectivity index (χ2n) is 7.75. The summed E-state index contributed by atoms with van der Waals surface area (Å²) in [6.45, 7) is 4.07. The van der Waals surface area contributed by atoms with E-state index in [2.05, 4.69) is 0 Å². The van der Waals surface area contributed by atoms with Crippen LogP contribution >= 0.6 is 23.2 Å². The first-order valence-corrected chi connectivity index (χ1v) is 11.5. The Hall–Kier alpha value is -3.74. The number of carbonyl (C=O) groups is 2. The smallest absolute Gasteiger partial charge is 0.347 e. The molecular formula is C27H18Cl2O6. The molecule has 5 rings (SSSR count). The van der Waals surface area contributed by atoms with Crippen LogP contribution in [0.25, 0.3) is 17.0 Å². The van der Waals surface area contributed by atoms with Gasteiger partial charge in [-0.25, -0.2) is 4.79 Å². The molecule has 35 heavy (non-hydrogen) atoms. The quantitative estimate of drug-likeness (QED) is 0.160. The summed E-state index contributed by atoms with van der Waals surface area (Å²) in [4.78, 5) is 25.9. The first-order chi connectivity index (χ1) is 16.9. The minimum Gasteiger partial charge on any atom is -0.494 e. The summed E-state index contributed by atoms with van der Waals surface area (Å²) in [6.07, 6.45) is 1.50. The lowest BCUT2D eigenvalue weighted by atomic mass is 10.1. The van der Waals surface area contributed by atoms with Gasteiger partial charge in [-0.1, -0.05) is 29.3 Å². The van der Waals surface area contributed by atoms with Gasteiger partial charge in [0.1, 0.15) is 34.2 Å². The van der Waals surface area contributed by atoms with Crippen molar-refractivity contribution in [2.45, 2.75) is 13.8 Å². The molecule has 0 saturated carbocycles. The Morgan fingerprint density at radius 3 is 2.51 bits per heavy atom. The summed E-state index contributed by atoms with van der Waals surface area (Å²) in [7, 11) is 0. The summed E-state index contributed by atoms with van der Waals surface area (Å²) < 4.78 is 22.6. The predicted molar refractivity (Wildman–Crippen MR) is 133 cm³/mol. The zero-order valence-corrected chi connectivity index (χ0v) is 20.2. The van der Waals surface area contributed by atoms with E-state index in [1.165, 1.54) is 18.2 Å². The summed E-state index contributed by atoms with van der Waals surface area (Å²) in [5.74, 6) is 0.672. The number of fused-ring (bicyclic) bond motifs is 2. The van der Waals surface area contributed by atoms with Crippen molar-refractivity contribution in [3.05, 3.63) is 92.9 Å². The number of ether oxygens (including phenoxy) is 3. The van der Waals surface area contributed by atoms with Crippen LogP contribution in [0.3, 0.4) is 0 Å². The molecule has 0 aliphatic carbocycles. The molecule has 1 aromatic heterocycles. The maximum atomic E-state index is 13.1. The van der Waals surface area contributed by atoms with Gasteiger partial charge in [0.15, 0.2) is 5.76 Å². The number of Topliss-reactive ketones (excluding diaryl/α,β-unsaturated/α-hetero) is 1. The highest BCUT2D eigenvalue weighted by Crippen LogP contribution is 2.37. The maximum Gasteiger partial charge on any atom is 0.347 e. The van der Waals surface area contributed by atoms with E-state index in [1.54, 1.807) is 49.4 Å². The van der Waals surface area contributed by atoms with Crippen molar-refractivity contribution in [2.24, 2.45) is 0 Å². The van der Waals surface area contributed by atoms with Gasteiger partial charge in [-0.15, -0.1) is 0 Å². The molecule has 8 heteroatoms. The molecular weight excluding hydrogens is 491 g/mol. The SMILES string of the molecule is CCOc1ccc2oc(C)c(C(=O)Oc3ccc4c(c3)O/C(=C\c3c(Cl)cccc3Cl)C4=O)c2c1. The average molecular weight is 509 g/mol. The number of furan rings is 1. The molecule has 0 N–H and O–H groups in total. The number of hydrogen-bond donors (Lipinski definition) is 0. The molecule has 3 aromatic carbocycles. The zero-order chi connectivity index (χ0) is 24.7. The molecule has 0 bridgehead atoms. The van der Waals surface area contributed by atoms with Gasteiger partial charge >= 0.3 is 5.97 Å². The van der Waals surface area contributed by atoms with Crippen LogP contribution in [0.1, 0.15) is 39.0 Å². The third-order valence-electron chi connectivity index (χ3n) is 5.48. The Bertz CT molecular complexity index is 1510. The highest BCUT2D eigenvalue weighted by Gasteiger charge is 2.29. The molecule has 2 heterocycles. The minimum atomic E-state index is -0.599. The van der Waals surface area contributed by atoms with Gasteiger partial charge in [-0.05, 0) is 62.4 Å². The van der Waals surface area contributed by atoms with Crippen LogP contribution in [-0.2, 0) is 0 Å². The number of ketones is 1. The lowest BCUT2D eigenvalue weighted by Crippen LogP contribution is -2.09. The van der Waals surface area contributed by atoms with Gasteiger partial charge in [0.2, 0.25) is 5.78 Å². The van der Waals surface area contributed by atoms with E-state index in [9.17, 15) is 9.59 Å². The van der Waals surface area contributed by atoms with Gasteiger partial charge in [0, 0.05) is 27.1 Å². The van der Waals surface area contributed by atoms with E-state index < -0.39 is 5.97 Å². The van der Waals surface area contributed by atoms with Crippen LogP contribution in [-0.4, -0.2) is 18.4 Å². The zero-order valence-electron chi connectivity index (χ0n) is 18.7. The third kappa shape index (κ3) is 4.27. The molecule has 0 atom stereocenters. The van der Waals surface area contributed by atoms with E-state index in [4.69, 9.17) is 41.8 Å². The highest BCUT2D eigenvalue weighted by atomic mass is 35.5. The van der Waals surface area contributed by atoms with Gasteiger partial charge in [-0.3, -0.25) is 4.79 Å². The van der Waals surface area contributed by atoms with Crippen LogP contribution in [0.5, 0.6) is 17.2 Å². The summed E-state index contributed by atoms with van der Waals surface area (Å²) in [5, 5.41) is 1.37. The van der Waals surface area contributed by atoms with Crippen LogP contribution in [0.4, 0.5) is 0 Å². The van der Waals surface area contributed by atoms with Crippen molar-refractivity contribution in [3.8, 4) is 17.2 Å². The van der Waals surface area contributed by atoms with E-state index in [1.807, 2.05) is 6.92 Å². The van der Waals surface area contributed by atoms with Crippen LogP contribution in [0.15, 0.2) is 64.8 Å². The molecule has 0 fully saturated rings. The number of halogens is 2. The number of aryl methyl sites for hydroxylation is 1. The lowest BCUT2D eigenvalue weighted by Gasteiger charge is -2.06. The van der Waals surface area contributed by atoms with Crippen LogP contribution < -0.4 is 14.2 Å². The van der Waals surface area contributed by atoms with Gasteiger partial charge < -0.3 is 18.6 Å². The van der Waals surface area contributed by atoms with Crippen molar-refractivity contribution in [2.75, 3.05) is 6.61 Å². The number of allylic oxidation sites excluding steroid dienone is 1. The van der Waals surface area contributed by atoms with E-state index in [0.717, 1.165) is 0 Å². The predicted octanol–water partition coefficient (Wildman–Crippen LogP) is 7.28.